The van der Waals surface area contributed by atoms with Crippen LogP contribution >= 0.6 is 0 Å². The molecule has 138 valence electrons. The number of aromatic hydroxyl groups is 1. The molecule has 2 nitrogen and oxygen atoms in total. The lowest BCUT2D eigenvalue weighted by atomic mass is 10.1. The molecule has 1 rings (SSSR count). The lowest BCUT2D eigenvalue weighted by Crippen LogP contribution is -2.06. The molecule has 0 saturated heterocycles. The first-order valence-corrected chi connectivity index (χ1v) is 8.98. The van der Waals surface area contributed by atoms with E-state index in [0.717, 1.165) is 31.4 Å². The highest BCUT2D eigenvalue weighted by atomic mass is 19.4. The molecule has 0 aliphatic rings. The van der Waals surface area contributed by atoms with Gasteiger partial charge in [-0.25, -0.2) is 0 Å². The molecule has 0 aromatic heterocycles. The minimum absolute atomic E-state index is 0.149. The molecule has 0 unspecified atom stereocenters. The van der Waals surface area contributed by atoms with Gasteiger partial charge in [0, 0.05) is 0 Å². The third-order valence-electron chi connectivity index (χ3n) is 4.04. The Morgan fingerprint density at radius 2 is 1.42 bits per heavy atom. The summed E-state index contributed by atoms with van der Waals surface area (Å²) in [6, 6.07) is 3.24. The fraction of sp³-hybridized carbons (Fsp3) is 0.684. The number of benzene rings is 1. The number of phenolic OH excluding ortho intramolecular Hbond substituents is 1. The summed E-state index contributed by atoms with van der Waals surface area (Å²) < 4.78 is 43.4. The summed E-state index contributed by atoms with van der Waals surface area (Å²) in [6.07, 6.45) is 7.44. The number of ether oxygens (including phenoxy) is 1. The molecule has 1 N–H and O–H groups in total. The molecule has 0 fully saturated rings. The van der Waals surface area contributed by atoms with Crippen LogP contribution in [-0.2, 0) is 6.18 Å². The SMILES string of the molecule is CCCCCCCCCCCCOc1ccc(O)c(C(F)(F)F)c1. The fourth-order valence-electron chi connectivity index (χ4n) is 2.61. The summed E-state index contributed by atoms with van der Waals surface area (Å²) in [4.78, 5) is 0. The van der Waals surface area contributed by atoms with Gasteiger partial charge >= 0.3 is 6.18 Å². The molecule has 5 heteroatoms. The van der Waals surface area contributed by atoms with Crippen molar-refractivity contribution in [1.29, 1.82) is 0 Å². The van der Waals surface area contributed by atoms with E-state index >= 15 is 0 Å². The predicted octanol–water partition coefficient (Wildman–Crippen LogP) is 6.71. The zero-order chi connectivity index (χ0) is 17.8. The van der Waals surface area contributed by atoms with E-state index in [4.69, 9.17) is 4.74 Å². The molecule has 0 bridgehead atoms. The van der Waals surface area contributed by atoms with E-state index in [1.54, 1.807) is 0 Å². The quantitative estimate of drug-likeness (QED) is 0.426. The van der Waals surface area contributed by atoms with Gasteiger partial charge in [-0.15, -0.1) is 0 Å². The van der Waals surface area contributed by atoms with E-state index in [9.17, 15) is 18.3 Å². The first kappa shape index (κ1) is 20.7. The molecular weight excluding hydrogens is 317 g/mol. The van der Waals surface area contributed by atoms with Gasteiger partial charge in [0.15, 0.2) is 0 Å². The summed E-state index contributed by atoms with van der Waals surface area (Å²) in [5.74, 6) is -0.621. The lowest BCUT2D eigenvalue weighted by molar-refractivity contribution is -0.138. The Kier molecular flexibility index (Phi) is 9.65. The van der Waals surface area contributed by atoms with Crippen LogP contribution in [0.4, 0.5) is 13.2 Å². The normalized spacial score (nSPS) is 11.7. The highest BCUT2D eigenvalue weighted by Crippen LogP contribution is 2.37. The van der Waals surface area contributed by atoms with Gasteiger partial charge in [0.25, 0.3) is 0 Å². The number of halogens is 3. The maximum Gasteiger partial charge on any atom is 0.420 e. The van der Waals surface area contributed by atoms with Gasteiger partial charge in [-0.05, 0) is 24.6 Å². The van der Waals surface area contributed by atoms with Crippen molar-refractivity contribution in [2.24, 2.45) is 0 Å². The summed E-state index contributed by atoms with van der Waals surface area (Å²) >= 11 is 0. The van der Waals surface area contributed by atoms with Crippen molar-refractivity contribution in [3.63, 3.8) is 0 Å². The Hall–Kier alpha value is -1.39. The van der Waals surface area contributed by atoms with Crippen molar-refractivity contribution < 1.29 is 23.0 Å². The van der Waals surface area contributed by atoms with Crippen LogP contribution in [0.2, 0.25) is 0 Å². The number of hydrogen-bond acceptors (Lipinski definition) is 2. The highest BCUT2D eigenvalue weighted by Gasteiger charge is 2.34. The molecule has 0 saturated carbocycles. The van der Waals surface area contributed by atoms with E-state index < -0.39 is 17.5 Å². The van der Waals surface area contributed by atoms with Crippen molar-refractivity contribution in [3.05, 3.63) is 23.8 Å². The maximum absolute atomic E-state index is 12.7. The first-order chi connectivity index (χ1) is 11.4. The molecule has 1 aromatic carbocycles. The van der Waals surface area contributed by atoms with Crippen LogP contribution in [0, 0.1) is 0 Å². The number of phenols is 1. The number of alkyl halides is 3. The standard InChI is InChI=1S/C19H29F3O2/c1-2-3-4-5-6-7-8-9-10-11-14-24-16-12-13-18(23)17(15-16)19(20,21)22/h12-13,15,23H,2-11,14H2,1H3. The molecular formula is C19H29F3O2. The van der Waals surface area contributed by atoms with Gasteiger partial charge in [0.05, 0.1) is 6.61 Å². The fourth-order valence-corrected chi connectivity index (χ4v) is 2.61. The van der Waals surface area contributed by atoms with Gasteiger partial charge < -0.3 is 9.84 Å². The second-order valence-corrected chi connectivity index (χ2v) is 6.21. The second-order valence-electron chi connectivity index (χ2n) is 6.21. The van der Waals surface area contributed by atoms with Gasteiger partial charge in [0.2, 0.25) is 0 Å². The van der Waals surface area contributed by atoms with Crippen LogP contribution in [-0.4, -0.2) is 11.7 Å². The molecule has 0 aliphatic heterocycles. The minimum Gasteiger partial charge on any atom is -0.507 e. The number of unbranched alkanes of at least 4 members (excludes halogenated alkanes) is 9. The van der Waals surface area contributed by atoms with Crippen LogP contribution in [0.5, 0.6) is 11.5 Å². The van der Waals surface area contributed by atoms with Gasteiger partial charge in [-0.3, -0.25) is 0 Å². The van der Waals surface area contributed by atoms with Crippen molar-refractivity contribution >= 4 is 0 Å². The average molecular weight is 346 g/mol. The Bertz CT molecular complexity index is 458. The monoisotopic (exact) mass is 346 g/mol. The molecule has 0 atom stereocenters. The Morgan fingerprint density at radius 3 is 1.96 bits per heavy atom. The largest absolute Gasteiger partial charge is 0.507 e. The summed E-state index contributed by atoms with van der Waals surface area (Å²) in [5.41, 5.74) is -1.05. The van der Waals surface area contributed by atoms with Gasteiger partial charge in [0.1, 0.15) is 17.1 Å². The van der Waals surface area contributed by atoms with Crippen molar-refractivity contribution in [1.82, 2.24) is 0 Å². The summed E-state index contributed by atoms with van der Waals surface area (Å²) in [6.45, 7) is 2.61. The smallest absolute Gasteiger partial charge is 0.420 e. The van der Waals surface area contributed by atoms with Crippen molar-refractivity contribution in [2.75, 3.05) is 6.61 Å². The molecule has 0 aliphatic carbocycles. The number of rotatable bonds is 12. The molecule has 0 amide bonds. The average Bonchev–Trinajstić information content (AvgIpc) is 2.53. The van der Waals surface area contributed by atoms with Crippen LogP contribution < -0.4 is 4.74 Å². The zero-order valence-corrected chi connectivity index (χ0v) is 14.5. The van der Waals surface area contributed by atoms with E-state index in [1.807, 2.05) is 0 Å². The van der Waals surface area contributed by atoms with E-state index in [-0.39, 0.29) is 5.75 Å². The second kappa shape index (κ2) is 11.2. The van der Waals surface area contributed by atoms with E-state index in [1.165, 1.54) is 51.0 Å². The van der Waals surface area contributed by atoms with Crippen LogP contribution in [0.3, 0.4) is 0 Å². The Labute approximate surface area is 143 Å². The van der Waals surface area contributed by atoms with Gasteiger partial charge in [-0.1, -0.05) is 64.7 Å². The zero-order valence-electron chi connectivity index (χ0n) is 14.5. The van der Waals surface area contributed by atoms with Crippen molar-refractivity contribution in [3.8, 4) is 11.5 Å². The molecule has 0 heterocycles. The van der Waals surface area contributed by atoms with E-state index in [0.29, 0.717) is 6.61 Å². The molecule has 0 spiro atoms. The first-order valence-electron chi connectivity index (χ1n) is 8.98. The van der Waals surface area contributed by atoms with Gasteiger partial charge in [-0.2, -0.15) is 13.2 Å². The van der Waals surface area contributed by atoms with Crippen molar-refractivity contribution in [2.45, 2.75) is 77.3 Å². The predicted molar refractivity (Wildman–Crippen MR) is 90.4 cm³/mol. The van der Waals surface area contributed by atoms with Crippen LogP contribution in [0.25, 0.3) is 0 Å². The third-order valence-corrected chi connectivity index (χ3v) is 4.04. The maximum atomic E-state index is 12.7. The summed E-state index contributed by atoms with van der Waals surface area (Å²) in [7, 11) is 0. The van der Waals surface area contributed by atoms with Crippen LogP contribution in [0.15, 0.2) is 18.2 Å². The third kappa shape index (κ3) is 8.46. The van der Waals surface area contributed by atoms with Crippen LogP contribution in [0.1, 0.15) is 76.7 Å². The lowest BCUT2D eigenvalue weighted by Gasteiger charge is -2.12. The Balaban J connectivity index is 2.11. The number of hydrogen-bond donors (Lipinski definition) is 1. The molecule has 1 aromatic rings. The topological polar surface area (TPSA) is 29.5 Å². The van der Waals surface area contributed by atoms with E-state index in [2.05, 4.69) is 6.92 Å². The minimum atomic E-state index is -4.57. The Morgan fingerprint density at radius 1 is 0.875 bits per heavy atom. The molecule has 24 heavy (non-hydrogen) atoms. The highest BCUT2D eigenvalue weighted by molar-refractivity contribution is 5.41. The summed E-state index contributed by atoms with van der Waals surface area (Å²) in [5, 5.41) is 9.26. The molecule has 0 radical (unpaired) electrons.